The Morgan fingerprint density at radius 3 is 2.62 bits per heavy atom. The molecule has 0 aliphatic carbocycles. The number of amides is 1. The number of halogens is 2. The summed E-state index contributed by atoms with van der Waals surface area (Å²) in [4.78, 5) is 37.9. The summed E-state index contributed by atoms with van der Waals surface area (Å²) in [5.41, 5.74) is 2.20. The molecule has 0 saturated heterocycles. The smallest absolute Gasteiger partial charge is 0.271 e. The molecule has 3 aromatic rings. The van der Waals surface area contributed by atoms with Crippen LogP contribution in [0.3, 0.4) is 0 Å². The van der Waals surface area contributed by atoms with Crippen molar-refractivity contribution in [3.8, 4) is 0 Å². The maximum atomic E-state index is 12.7. The van der Waals surface area contributed by atoms with Crippen molar-refractivity contribution in [2.75, 3.05) is 0 Å². The van der Waals surface area contributed by atoms with Crippen molar-refractivity contribution >= 4 is 47.1 Å². The Bertz CT molecular complexity index is 1160. The van der Waals surface area contributed by atoms with Crippen LogP contribution >= 0.6 is 35.0 Å². The Morgan fingerprint density at radius 2 is 1.93 bits per heavy atom. The van der Waals surface area contributed by atoms with Gasteiger partial charge in [0.05, 0.1) is 11.2 Å². The number of hydrazone groups is 1. The molecule has 1 unspecified atom stereocenters. The molecule has 3 N–H and O–H groups in total. The number of nitrogens with one attached hydrogen (secondary N) is 3. The Morgan fingerprint density at radius 1 is 1.17 bits per heavy atom. The first-order valence-corrected chi connectivity index (χ1v) is 9.76. The second kappa shape index (κ2) is 9.55. The van der Waals surface area contributed by atoms with Crippen LogP contribution in [0.15, 0.2) is 68.2 Å². The highest BCUT2D eigenvalue weighted by molar-refractivity contribution is 8.00. The monoisotopic (exact) mass is 449 g/mol. The van der Waals surface area contributed by atoms with Crippen LogP contribution in [0.2, 0.25) is 10.0 Å². The van der Waals surface area contributed by atoms with Gasteiger partial charge in [-0.05, 0) is 17.7 Å². The lowest BCUT2D eigenvalue weighted by atomic mass is 10.1. The number of benzene rings is 2. The third kappa shape index (κ3) is 5.57. The molecule has 29 heavy (non-hydrogen) atoms. The average Bonchev–Trinajstić information content (AvgIpc) is 2.69. The maximum Gasteiger partial charge on any atom is 0.342 e. The van der Waals surface area contributed by atoms with Crippen LogP contribution < -0.4 is 16.7 Å². The number of rotatable bonds is 6. The van der Waals surface area contributed by atoms with Crippen LogP contribution in [-0.2, 0) is 4.79 Å². The topological polar surface area (TPSA) is 120 Å². The molecule has 0 bridgehead atoms. The third-order valence-corrected chi connectivity index (χ3v) is 5.38. The Balaban J connectivity index is 1.82. The predicted molar refractivity (Wildman–Crippen MR) is 113 cm³/mol. The fourth-order valence-corrected chi connectivity index (χ4v) is 3.65. The number of H-pyrrole nitrogens is 2. The van der Waals surface area contributed by atoms with Crippen LogP contribution in [0.1, 0.15) is 16.4 Å². The first-order valence-electron chi connectivity index (χ1n) is 8.12. The van der Waals surface area contributed by atoms with Gasteiger partial charge < -0.3 is 0 Å². The lowest BCUT2D eigenvalue weighted by Gasteiger charge is -2.14. The molecule has 1 amide bonds. The summed E-state index contributed by atoms with van der Waals surface area (Å²) in [7, 11) is 0. The number of hydrogen-bond acceptors (Lipinski definition) is 6. The highest BCUT2D eigenvalue weighted by atomic mass is 35.5. The first-order chi connectivity index (χ1) is 13.9. The minimum atomic E-state index is -0.839. The molecule has 1 heterocycles. The van der Waals surface area contributed by atoms with Gasteiger partial charge in [-0.1, -0.05) is 71.4 Å². The number of aromatic nitrogens is 3. The minimum absolute atomic E-state index is 0.0571. The van der Waals surface area contributed by atoms with E-state index in [2.05, 4.69) is 25.7 Å². The van der Waals surface area contributed by atoms with E-state index < -0.39 is 22.4 Å². The lowest BCUT2D eigenvalue weighted by molar-refractivity contribution is -0.120. The molecule has 3 rings (SSSR count). The molecule has 1 aromatic heterocycles. The van der Waals surface area contributed by atoms with Crippen molar-refractivity contribution in [2.45, 2.75) is 10.3 Å². The number of thioether (sulfide) groups is 1. The normalized spacial score (nSPS) is 12.1. The van der Waals surface area contributed by atoms with Crippen molar-refractivity contribution < 1.29 is 4.79 Å². The van der Waals surface area contributed by atoms with Gasteiger partial charge >= 0.3 is 5.69 Å². The van der Waals surface area contributed by atoms with E-state index >= 15 is 0 Å². The van der Waals surface area contributed by atoms with E-state index in [4.69, 9.17) is 23.2 Å². The maximum absolute atomic E-state index is 12.7. The Labute approximate surface area is 178 Å². The van der Waals surface area contributed by atoms with Gasteiger partial charge in [0.2, 0.25) is 0 Å². The molecule has 0 spiro atoms. The highest BCUT2D eigenvalue weighted by Crippen LogP contribution is 2.32. The molecular weight excluding hydrogens is 437 g/mol. The van der Waals surface area contributed by atoms with Gasteiger partial charge in [-0.2, -0.15) is 10.2 Å². The molecule has 0 radical (unpaired) electrons. The average molecular weight is 450 g/mol. The molecule has 11 heteroatoms. The van der Waals surface area contributed by atoms with E-state index in [9.17, 15) is 14.4 Å². The number of hydrogen-bond donors (Lipinski definition) is 3. The van der Waals surface area contributed by atoms with E-state index in [1.54, 1.807) is 48.5 Å². The molecule has 148 valence electrons. The molecule has 0 saturated carbocycles. The first kappa shape index (κ1) is 20.8. The van der Waals surface area contributed by atoms with Crippen LogP contribution in [0, 0.1) is 0 Å². The molecule has 1 atom stereocenters. The largest absolute Gasteiger partial charge is 0.342 e. The molecule has 8 nitrogen and oxygen atoms in total. The summed E-state index contributed by atoms with van der Waals surface area (Å²) < 4.78 is 0. The summed E-state index contributed by atoms with van der Waals surface area (Å²) in [5.74, 6) is -0.491. The van der Waals surface area contributed by atoms with Crippen molar-refractivity contribution in [3.63, 3.8) is 0 Å². The van der Waals surface area contributed by atoms with Crippen molar-refractivity contribution in [2.24, 2.45) is 5.10 Å². The fraction of sp³-hybridized carbons (Fsp3) is 0.0556. The standard InChI is InChI=1S/C18H13Cl2N5O3S/c19-12-7-6-11(13(20)8-12)9-21-23-15(26)14(10-4-2-1-3-5-10)29-17-16(27)22-18(28)25-24-17/h1-9,14H,(H,23,26)(H2,22,25,27,28)/b21-9-. The summed E-state index contributed by atoms with van der Waals surface area (Å²) >= 11 is 12.8. The number of nitrogens with zero attached hydrogens (tertiary/aromatic N) is 2. The van der Waals surface area contributed by atoms with Crippen molar-refractivity contribution in [3.05, 3.63) is 90.5 Å². The summed E-state index contributed by atoms with van der Waals surface area (Å²) in [5, 5.41) is 9.75. The zero-order chi connectivity index (χ0) is 20.8. The van der Waals surface area contributed by atoms with E-state index in [0.717, 1.165) is 11.8 Å². The van der Waals surface area contributed by atoms with Crippen LogP contribution in [0.5, 0.6) is 0 Å². The molecule has 0 aliphatic heterocycles. The van der Waals surface area contributed by atoms with Gasteiger partial charge in [0.15, 0.2) is 5.03 Å². The van der Waals surface area contributed by atoms with E-state index in [1.165, 1.54) is 6.21 Å². The zero-order valence-electron chi connectivity index (χ0n) is 14.6. The third-order valence-electron chi connectivity index (χ3n) is 3.59. The van der Waals surface area contributed by atoms with Gasteiger partial charge in [-0.15, -0.1) is 0 Å². The molecular formula is C18H13Cl2N5O3S. The van der Waals surface area contributed by atoms with Gasteiger partial charge in [0, 0.05) is 10.6 Å². The number of carbonyl (C=O) groups is 1. The van der Waals surface area contributed by atoms with Crippen molar-refractivity contribution in [1.29, 1.82) is 0 Å². The SMILES string of the molecule is O=C(N/N=C\c1ccc(Cl)cc1Cl)C(Sc1n[nH]c(=O)[nH]c1=O)c1ccccc1. The minimum Gasteiger partial charge on any atom is -0.271 e. The van der Waals surface area contributed by atoms with Gasteiger partial charge in [0.25, 0.3) is 11.5 Å². The summed E-state index contributed by atoms with van der Waals surface area (Å²) in [6.07, 6.45) is 1.38. The quantitative estimate of drug-likeness (QED) is 0.303. The summed E-state index contributed by atoms with van der Waals surface area (Å²) in [6.45, 7) is 0. The predicted octanol–water partition coefficient (Wildman–Crippen LogP) is 2.75. The van der Waals surface area contributed by atoms with E-state index in [1.807, 2.05) is 0 Å². The second-order valence-electron chi connectivity index (χ2n) is 5.62. The van der Waals surface area contributed by atoms with E-state index in [0.29, 0.717) is 21.2 Å². The molecule has 0 aliphatic rings. The number of carbonyl (C=O) groups excluding carboxylic acids is 1. The molecule has 2 aromatic carbocycles. The van der Waals surface area contributed by atoms with Crippen LogP contribution in [0.4, 0.5) is 0 Å². The van der Waals surface area contributed by atoms with Crippen LogP contribution in [-0.4, -0.2) is 27.3 Å². The fourth-order valence-electron chi connectivity index (χ4n) is 2.26. The van der Waals surface area contributed by atoms with Crippen LogP contribution in [0.25, 0.3) is 0 Å². The summed E-state index contributed by atoms with van der Waals surface area (Å²) in [6, 6.07) is 13.7. The van der Waals surface area contributed by atoms with Gasteiger partial charge in [0.1, 0.15) is 5.25 Å². The van der Waals surface area contributed by atoms with Crippen molar-refractivity contribution in [1.82, 2.24) is 20.6 Å². The Hall–Kier alpha value is -2.88. The number of aromatic amines is 2. The highest BCUT2D eigenvalue weighted by Gasteiger charge is 2.24. The Kier molecular flexibility index (Phi) is 6.86. The van der Waals surface area contributed by atoms with Gasteiger partial charge in [-0.3, -0.25) is 14.6 Å². The zero-order valence-corrected chi connectivity index (χ0v) is 16.9. The van der Waals surface area contributed by atoms with E-state index in [-0.39, 0.29) is 5.03 Å². The van der Waals surface area contributed by atoms with Gasteiger partial charge in [-0.25, -0.2) is 15.3 Å². The lowest BCUT2D eigenvalue weighted by Crippen LogP contribution is -2.28. The molecule has 0 fully saturated rings. The second-order valence-corrected chi connectivity index (χ2v) is 7.56.